The van der Waals surface area contributed by atoms with Gasteiger partial charge in [-0.05, 0) is 41.8 Å². The fourth-order valence-corrected chi connectivity index (χ4v) is 3.77. The number of ether oxygens (including phenoxy) is 3. The van der Waals surface area contributed by atoms with Crippen LogP contribution in [0.4, 0.5) is 5.69 Å². The number of pyridine rings is 1. The number of morpholine rings is 1. The van der Waals surface area contributed by atoms with Gasteiger partial charge in [0.2, 0.25) is 0 Å². The van der Waals surface area contributed by atoms with E-state index in [-0.39, 0.29) is 5.91 Å². The maximum atomic E-state index is 13.1. The van der Waals surface area contributed by atoms with Crippen LogP contribution in [0.15, 0.2) is 30.5 Å². The smallest absolute Gasteiger partial charge is 0.272 e. The summed E-state index contributed by atoms with van der Waals surface area (Å²) in [6.07, 6.45) is 2.49. The van der Waals surface area contributed by atoms with E-state index in [1.807, 2.05) is 29.2 Å². The molecule has 0 radical (unpaired) electrons. The average molecular weight is 383 g/mol. The maximum absolute atomic E-state index is 13.1. The van der Waals surface area contributed by atoms with E-state index < -0.39 is 0 Å². The Bertz CT molecular complexity index is 865. The summed E-state index contributed by atoms with van der Waals surface area (Å²) in [5.74, 6) is 1.36. The highest BCUT2D eigenvalue weighted by Crippen LogP contribution is 2.33. The second kappa shape index (κ2) is 8.06. The molecule has 4 rings (SSSR count). The zero-order valence-corrected chi connectivity index (χ0v) is 16.3. The largest absolute Gasteiger partial charge is 0.493 e. The summed E-state index contributed by atoms with van der Waals surface area (Å²) in [6, 6.07) is 7.81. The molecule has 7 heteroatoms. The molecule has 0 bridgehead atoms. The zero-order valence-electron chi connectivity index (χ0n) is 16.3. The molecule has 3 heterocycles. The Morgan fingerprint density at radius 1 is 1.04 bits per heavy atom. The summed E-state index contributed by atoms with van der Waals surface area (Å²) in [6.45, 7) is 4.27. The Kier molecular flexibility index (Phi) is 5.34. The molecule has 0 atom stereocenters. The standard InChI is InChI=1S/C21H25N3O4/c1-26-19-11-15-4-6-24(14-16(15)12-20(19)27-2)21(25)18-13-17(3-5-22-18)23-7-9-28-10-8-23/h3,5,11-13H,4,6-10,14H2,1-2H3. The summed E-state index contributed by atoms with van der Waals surface area (Å²) < 4.78 is 16.2. The number of hydrogen-bond donors (Lipinski definition) is 0. The lowest BCUT2D eigenvalue weighted by Gasteiger charge is -2.31. The van der Waals surface area contributed by atoms with E-state index in [4.69, 9.17) is 14.2 Å². The van der Waals surface area contributed by atoms with Gasteiger partial charge in [0.1, 0.15) is 5.69 Å². The van der Waals surface area contributed by atoms with Gasteiger partial charge in [0.15, 0.2) is 11.5 Å². The lowest BCUT2D eigenvalue weighted by Crippen LogP contribution is -2.38. The summed E-state index contributed by atoms with van der Waals surface area (Å²) in [5.41, 5.74) is 3.77. The lowest BCUT2D eigenvalue weighted by molar-refractivity contribution is 0.0728. The maximum Gasteiger partial charge on any atom is 0.272 e. The SMILES string of the molecule is COc1cc2c(cc1OC)CN(C(=O)c1cc(N3CCOCC3)ccn1)CC2. The molecule has 2 aromatic rings. The van der Waals surface area contributed by atoms with E-state index in [9.17, 15) is 4.79 Å². The third-order valence-electron chi connectivity index (χ3n) is 5.34. The van der Waals surface area contributed by atoms with Crippen LogP contribution in [0.3, 0.4) is 0 Å². The fraction of sp³-hybridized carbons (Fsp3) is 0.429. The molecule has 7 nitrogen and oxygen atoms in total. The average Bonchev–Trinajstić information content (AvgIpc) is 2.77. The van der Waals surface area contributed by atoms with E-state index in [0.29, 0.717) is 37.7 Å². The van der Waals surface area contributed by atoms with Crippen molar-refractivity contribution in [3.8, 4) is 11.5 Å². The van der Waals surface area contributed by atoms with Crippen molar-refractivity contribution in [3.63, 3.8) is 0 Å². The van der Waals surface area contributed by atoms with Crippen molar-refractivity contribution in [2.45, 2.75) is 13.0 Å². The van der Waals surface area contributed by atoms with Gasteiger partial charge in [-0.1, -0.05) is 0 Å². The van der Waals surface area contributed by atoms with Crippen LogP contribution in [0.25, 0.3) is 0 Å². The van der Waals surface area contributed by atoms with Crippen LogP contribution in [0.5, 0.6) is 11.5 Å². The quantitative estimate of drug-likeness (QED) is 0.806. The molecule has 2 aliphatic heterocycles. The van der Waals surface area contributed by atoms with Gasteiger partial charge in [-0.15, -0.1) is 0 Å². The number of hydrogen-bond acceptors (Lipinski definition) is 6. The molecule has 148 valence electrons. The van der Waals surface area contributed by atoms with Crippen LogP contribution < -0.4 is 14.4 Å². The second-order valence-electron chi connectivity index (χ2n) is 6.95. The van der Waals surface area contributed by atoms with Gasteiger partial charge in [-0.2, -0.15) is 0 Å². The first-order valence-corrected chi connectivity index (χ1v) is 9.51. The Hall–Kier alpha value is -2.80. The third-order valence-corrected chi connectivity index (χ3v) is 5.34. The highest BCUT2D eigenvalue weighted by atomic mass is 16.5. The molecular formula is C21H25N3O4. The molecule has 1 aromatic heterocycles. The predicted molar refractivity (Wildman–Crippen MR) is 105 cm³/mol. The van der Waals surface area contributed by atoms with E-state index in [2.05, 4.69) is 9.88 Å². The molecule has 0 aliphatic carbocycles. The number of carbonyl (C=O) groups is 1. The Labute approximate surface area is 164 Å². The number of anilines is 1. The van der Waals surface area contributed by atoms with Crippen molar-refractivity contribution < 1.29 is 19.0 Å². The number of fused-ring (bicyclic) bond motifs is 1. The molecule has 28 heavy (non-hydrogen) atoms. The van der Waals surface area contributed by atoms with E-state index in [1.54, 1.807) is 20.4 Å². The lowest BCUT2D eigenvalue weighted by atomic mass is 9.98. The molecule has 1 saturated heterocycles. The van der Waals surface area contributed by atoms with Crippen molar-refractivity contribution in [2.75, 3.05) is 52.0 Å². The van der Waals surface area contributed by atoms with Gasteiger partial charge in [0.25, 0.3) is 5.91 Å². The van der Waals surface area contributed by atoms with E-state index in [0.717, 1.165) is 36.5 Å². The third kappa shape index (κ3) is 3.62. The van der Waals surface area contributed by atoms with Crippen LogP contribution in [0, 0.1) is 0 Å². The molecule has 1 amide bonds. The van der Waals surface area contributed by atoms with Gasteiger partial charge in [-0.25, -0.2) is 0 Å². The normalized spacial score (nSPS) is 16.5. The van der Waals surface area contributed by atoms with Crippen molar-refractivity contribution in [1.82, 2.24) is 9.88 Å². The molecule has 1 fully saturated rings. The number of aromatic nitrogens is 1. The van der Waals surface area contributed by atoms with Gasteiger partial charge in [-0.3, -0.25) is 9.78 Å². The molecule has 2 aliphatic rings. The Balaban J connectivity index is 1.53. The first-order valence-electron chi connectivity index (χ1n) is 9.51. The van der Waals surface area contributed by atoms with Crippen LogP contribution in [0.1, 0.15) is 21.6 Å². The molecule has 0 saturated carbocycles. The number of benzene rings is 1. The van der Waals surface area contributed by atoms with Crippen molar-refractivity contribution >= 4 is 11.6 Å². The summed E-state index contributed by atoms with van der Waals surface area (Å²) >= 11 is 0. The topological polar surface area (TPSA) is 64.1 Å². The van der Waals surface area contributed by atoms with Crippen LogP contribution >= 0.6 is 0 Å². The molecule has 0 N–H and O–H groups in total. The number of methoxy groups -OCH3 is 2. The minimum Gasteiger partial charge on any atom is -0.493 e. The number of amides is 1. The monoisotopic (exact) mass is 383 g/mol. The van der Waals surface area contributed by atoms with Crippen molar-refractivity contribution in [1.29, 1.82) is 0 Å². The van der Waals surface area contributed by atoms with Crippen molar-refractivity contribution in [3.05, 3.63) is 47.3 Å². The highest BCUT2D eigenvalue weighted by Gasteiger charge is 2.25. The first kappa shape index (κ1) is 18.6. The highest BCUT2D eigenvalue weighted by molar-refractivity contribution is 5.93. The van der Waals surface area contributed by atoms with Crippen molar-refractivity contribution in [2.24, 2.45) is 0 Å². The summed E-state index contributed by atoms with van der Waals surface area (Å²) in [5, 5.41) is 0. The molecule has 0 unspecified atom stereocenters. The molecular weight excluding hydrogens is 358 g/mol. The predicted octanol–water partition coefficient (Wildman–Crippen LogP) is 2.13. The molecule has 1 aromatic carbocycles. The Morgan fingerprint density at radius 2 is 1.75 bits per heavy atom. The van der Waals surface area contributed by atoms with Crippen LogP contribution in [-0.2, 0) is 17.7 Å². The first-order chi connectivity index (χ1) is 13.7. The van der Waals surface area contributed by atoms with Crippen LogP contribution in [-0.4, -0.2) is 62.9 Å². The second-order valence-corrected chi connectivity index (χ2v) is 6.95. The molecule has 0 spiro atoms. The minimum atomic E-state index is -0.0458. The summed E-state index contributed by atoms with van der Waals surface area (Å²) in [4.78, 5) is 21.5. The number of rotatable bonds is 4. The van der Waals surface area contributed by atoms with Crippen LogP contribution in [0.2, 0.25) is 0 Å². The minimum absolute atomic E-state index is 0.0458. The zero-order chi connectivity index (χ0) is 19.5. The Morgan fingerprint density at radius 3 is 2.46 bits per heavy atom. The number of nitrogens with zero attached hydrogens (tertiary/aromatic N) is 3. The number of carbonyl (C=O) groups excluding carboxylic acids is 1. The van der Waals surface area contributed by atoms with Gasteiger partial charge < -0.3 is 24.0 Å². The van der Waals surface area contributed by atoms with Gasteiger partial charge >= 0.3 is 0 Å². The fourth-order valence-electron chi connectivity index (χ4n) is 3.77. The van der Waals surface area contributed by atoms with E-state index in [1.165, 1.54) is 5.56 Å². The summed E-state index contributed by atoms with van der Waals surface area (Å²) in [7, 11) is 3.26. The van der Waals surface area contributed by atoms with E-state index >= 15 is 0 Å². The van der Waals surface area contributed by atoms with Gasteiger partial charge in [0, 0.05) is 38.1 Å². The van der Waals surface area contributed by atoms with Gasteiger partial charge in [0.05, 0.1) is 27.4 Å².